The number of nitrogens with zero attached hydrogens (tertiary/aromatic N) is 5. The number of pyridine rings is 1. The van der Waals surface area contributed by atoms with Gasteiger partial charge in [0.25, 0.3) is 14.1 Å². The quantitative estimate of drug-likeness (QED) is 0.0489. The van der Waals surface area contributed by atoms with E-state index in [0.29, 0.717) is 5.56 Å². The highest BCUT2D eigenvalue weighted by atomic mass is 32.1. The van der Waals surface area contributed by atoms with Gasteiger partial charge >= 0.3 is 15.6 Å². The van der Waals surface area contributed by atoms with Gasteiger partial charge in [-0.2, -0.15) is 4.57 Å². The molecular formula is C21H28N7O16P3S. The van der Waals surface area contributed by atoms with Crippen molar-refractivity contribution in [3.63, 3.8) is 0 Å². The summed E-state index contributed by atoms with van der Waals surface area (Å²) in [5, 5.41) is 31.6. The van der Waals surface area contributed by atoms with Crippen LogP contribution in [-0.2, 0) is 41.1 Å². The van der Waals surface area contributed by atoms with Crippen molar-refractivity contribution in [2.75, 3.05) is 18.9 Å². The third-order valence-electron chi connectivity index (χ3n) is 6.97. The van der Waals surface area contributed by atoms with E-state index in [4.69, 9.17) is 37.7 Å². The van der Waals surface area contributed by atoms with Gasteiger partial charge in [0.05, 0.1) is 25.1 Å². The number of phosphoric acid groups is 3. The minimum atomic E-state index is -5.70. The first-order valence-electron chi connectivity index (χ1n) is 13.3. The van der Waals surface area contributed by atoms with Gasteiger partial charge in [-0.05, 0) is 6.07 Å². The molecule has 5 rings (SSSR count). The largest absolute Gasteiger partial charge is 0.756 e. The van der Waals surface area contributed by atoms with E-state index >= 15 is 0 Å². The van der Waals surface area contributed by atoms with Crippen LogP contribution in [0.1, 0.15) is 18.0 Å². The van der Waals surface area contributed by atoms with Crippen molar-refractivity contribution in [2.45, 2.75) is 49.1 Å². The topological polar surface area (TPSA) is 351 Å². The summed E-state index contributed by atoms with van der Waals surface area (Å²) in [5.41, 5.74) is 11.8. The summed E-state index contributed by atoms with van der Waals surface area (Å²) < 4.78 is 68.2. The van der Waals surface area contributed by atoms with Gasteiger partial charge in [-0.25, -0.2) is 28.4 Å². The van der Waals surface area contributed by atoms with Crippen molar-refractivity contribution in [3.05, 3.63) is 42.7 Å². The number of ether oxygens (including phenoxy) is 2. The Morgan fingerprint density at radius 3 is 2.42 bits per heavy atom. The zero-order valence-electron chi connectivity index (χ0n) is 23.9. The van der Waals surface area contributed by atoms with Crippen molar-refractivity contribution < 1.29 is 80.5 Å². The summed E-state index contributed by atoms with van der Waals surface area (Å²) >= 11 is 4.91. The Morgan fingerprint density at radius 1 is 1.04 bits per heavy atom. The summed E-state index contributed by atoms with van der Waals surface area (Å²) in [4.78, 5) is 53.0. The van der Waals surface area contributed by atoms with Crippen LogP contribution in [0.25, 0.3) is 11.2 Å². The van der Waals surface area contributed by atoms with Gasteiger partial charge in [-0.3, -0.25) is 18.2 Å². The zero-order valence-corrected chi connectivity index (χ0v) is 27.4. The lowest BCUT2D eigenvalue weighted by molar-refractivity contribution is -0.765. The molecule has 3 aromatic heterocycles. The average molecular weight is 759 g/mol. The van der Waals surface area contributed by atoms with Crippen LogP contribution >= 0.6 is 35.7 Å². The van der Waals surface area contributed by atoms with Crippen LogP contribution in [0.3, 0.4) is 0 Å². The van der Waals surface area contributed by atoms with Gasteiger partial charge in [0.15, 0.2) is 36.2 Å². The molecule has 0 bridgehead atoms. The molecule has 0 saturated carbocycles. The summed E-state index contributed by atoms with van der Waals surface area (Å²) in [6.07, 6.45) is -7.97. The van der Waals surface area contributed by atoms with Gasteiger partial charge in [-0.1, -0.05) is 12.2 Å². The number of nitrogen functional groups attached to an aromatic ring is 1. The third-order valence-corrected chi connectivity index (χ3v) is 10.3. The molecule has 5 heterocycles. The Labute approximate surface area is 274 Å². The predicted molar refractivity (Wildman–Crippen MR) is 155 cm³/mol. The first-order valence-corrected chi connectivity index (χ1v) is 18.2. The monoisotopic (exact) mass is 759 g/mol. The number of aliphatic hydroxyl groups is 3. The number of hydrogen-bond donors (Lipinski definition) is 8. The molecule has 0 spiro atoms. The van der Waals surface area contributed by atoms with Gasteiger partial charge in [0.2, 0.25) is 0 Å². The number of aliphatic hydroxyl groups excluding tert-OH is 3. The van der Waals surface area contributed by atoms with Crippen molar-refractivity contribution in [1.29, 1.82) is 0 Å². The number of anilines is 1. The summed E-state index contributed by atoms with van der Waals surface area (Å²) in [6, 6.07) is 3.11. The van der Waals surface area contributed by atoms with E-state index in [0.717, 1.165) is 17.2 Å². The van der Waals surface area contributed by atoms with Crippen LogP contribution in [0, 0.1) is 0 Å². The fourth-order valence-corrected chi connectivity index (χ4v) is 7.54. The van der Waals surface area contributed by atoms with E-state index in [1.807, 2.05) is 0 Å². The zero-order chi connectivity index (χ0) is 35.2. The molecular weight excluding hydrogens is 731 g/mol. The molecule has 2 saturated heterocycles. The van der Waals surface area contributed by atoms with Gasteiger partial charge in [0, 0.05) is 6.07 Å². The highest BCUT2D eigenvalue weighted by molar-refractivity contribution is 7.80. The predicted octanol–water partition coefficient (Wildman–Crippen LogP) is -3.00. The highest BCUT2D eigenvalue weighted by Crippen LogP contribution is 2.58. The van der Waals surface area contributed by atoms with Gasteiger partial charge < -0.3 is 60.4 Å². The molecule has 10 atom stereocenters. The first-order chi connectivity index (χ1) is 22.4. The fraction of sp³-hybridized carbons (Fsp3) is 0.476. The smallest absolute Gasteiger partial charge is 0.478 e. The molecule has 4 unspecified atom stereocenters. The molecule has 0 aromatic carbocycles. The lowest BCUT2D eigenvalue weighted by atomic mass is 10.1. The maximum absolute atomic E-state index is 12.5. The summed E-state index contributed by atoms with van der Waals surface area (Å²) in [6.45, 7) is -2.07. The molecule has 0 amide bonds. The number of rotatable bonds is 13. The standard InChI is InChI=1S/C21H28N7O16P3S/c22-17-12-19(25-7-24-17)28(8-26-12)21-16(43-45(32,33)34)14(30)11(42-21)6-40-47(37,38)44-46(35,36)39-5-10-13(29)15(31)20(41-10)27-3-1-2-9(4-27)18(23)48/h1-4,7-8,10-11,13-16,20-21,29-31H,5-6H2,(H7-,22,23,24,25,32,33,34,35,36,37,38,48)/t10-,11+,13?,14-,15?,16+,20+,21+/m0/s1. The van der Waals surface area contributed by atoms with E-state index in [1.165, 1.54) is 23.0 Å². The van der Waals surface area contributed by atoms with Crippen molar-refractivity contribution >= 4 is 57.7 Å². The Balaban J connectivity index is 1.21. The van der Waals surface area contributed by atoms with Crippen LogP contribution < -0.4 is 20.9 Å². The Morgan fingerprint density at radius 2 is 1.73 bits per heavy atom. The molecule has 2 aliphatic rings. The molecule has 48 heavy (non-hydrogen) atoms. The van der Waals surface area contributed by atoms with E-state index in [2.05, 4.69) is 28.3 Å². The molecule has 3 aromatic rings. The Kier molecular flexibility index (Phi) is 10.8. The highest BCUT2D eigenvalue weighted by Gasteiger charge is 2.51. The van der Waals surface area contributed by atoms with E-state index in [9.17, 15) is 48.6 Å². The molecule has 23 nitrogen and oxygen atoms in total. The first kappa shape index (κ1) is 36.8. The SMILES string of the molecule is NC(=S)c1ccc[n+]([C@@H]2O[C@@H](COP(=O)([O-])OP(=O)(O)OC[C@H]3O[C@@H](n4cnc5c(N)ncnc54)[C@H](OP(=O)(O)O)[C@H]3O)C(O)C2O)c1. The van der Waals surface area contributed by atoms with Gasteiger partial charge in [0.1, 0.15) is 47.4 Å². The third kappa shape index (κ3) is 8.29. The summed E-state index contributed by atoms with van der Waals surface area (Å²) in [5.74, 6) is -0.0569. The van der Waals surface area contributed by atoms with Gasteiger partial charge in [-0.15, -0.1) is 0 Å². The maximum atomic E-state index is 12.5. The number of phosphoric ester groups is 3. The molecule has 0 aliphatic carbocycles. The second-order valence-corrected chi connectivity index (χ2v) is 14.9. The minimum absolute atomic E-state index is 0.00293. The van der Waals surface area contributed by atoms with E-state index in [-0.39, 0.29) is 22.0 Å². The number of imidazole rings is 1. The number of hydrogen-bond acceptors (Lipinski definition) is 18. The number of aromatic nitrogens is 5. The lowest BCUT2D eigenvalue weighted by Gasteiger charge is -2.26. The molecule has 2 aliphatic heterocycles. The fourth-order valence-electron chi connectivity index (χ4n) is 4.82. The average Bonchev–Trinajstić information content (AvgIpc) is 3.64. The number of thiocarbonyl (C=S) groups is 1. The Hall–Kier alpha value is -2.44. The minimum Gasteiger partial charge on any atom is -0.756 e. The van der Waals surface area contributed by atoms with E-state index in [1.54, 1.807) is 6.07 Å². The molecule has 264 valence electrons. The van der Waals surface area contributed by atoms with Crippen LogP contribution in [0.2, 0.25) is 0 Å². The molecule has 2 fully saturated rings. The normalized spacial score (nSPS) is 30.3. The Bertz CT molecular complexity index is 1820. The van der Waals surface area contributed by atoms with Crippen LogP contribution in [0.4, 0.5) is 5.82 Å². The van der Waals surface area contributed by atoms with Crippen molar-refractivity contribution in [3.8, 4) is 0 Å². The summed E-state index contributed by atoms with van der Waals surface area (Å²) in [7, 11) is -16.5. The maximum Gasteiger partial charge on any atom is 0.478 e. The van der Waals surface area contributed by atoms with Crippen LogP contribution in [-0.4, -0.2) is 104 Å². The second kappa shape index (κ2) is 14.1. The van der Waals surface area contributed by atoms with Crippen LogP contribution in [0.15, 0.2) is 37.2 Å². The molecule has 0 radical (unpaired) electrons. The second-order valence-electron chi connectivity index (χ2n) is 10.2. The number of nitrogens with two attached hydrogens (primary N) is 2. The molecule has 27 heteroatoms. The number of fused-ring (bicyclic) bond motifs is 1. The van der Waals surface area contributed by atoms with Crippen molar-refractivity contribution in [2.24, 2.45) is 5.73 Å². The van der Waals surface area contributed by atoms with Crippen molar-refractivity contribution in [1.82, 2.24) is 19.5 Å². The molecule has 10 N–H and O–H groups in total. The lowest BCUT2D eigenvalue weighted by Crippen LogP contribution is -2.46. The van der Waals surface area contributed by atoms with E-state index < -0.39 is 85.8 Å². The van der Waals surface area contributed by atoms with Crippen LogP contribution in [0.5, 0.6) is 0 Å².